The number of aliphatic hydroxyl groups excluding tert-OH is 1. The SMILES string of the molecule is C=C(C)C(=O)OCCOC(O)c1ccc(-c2ccc(-c3ccc(OC(=O)C(=C)C)cc3)cc2)cc1OC(=O)C(=C)C. The maximum absolute atomic E-state index is 12.3. The number of carbonyl (C=O) groups is 3. The first-order chi connectivity index (χ1) is 19.5. The zero-order valence-corrected chi connectivity index (χ0v) is 23.3. The topological polar surface area (TPSA) is 108 Å². The van der Waals surface area contributed by atoms with Gasteiger partial charge in [0.25, 0.3) is 0 Å². The molecule has 0 fully saturated rings. The first-order valence-electron chi connectivity index (χ1n) is 12.7. The van der Waals surface area contributed by atoms with Crippen LogP contribution in [0.4, 0.5) is 0 Å². The van der Waals surface area contributed by atoms with E-state index in [4.69, 9.17) is 18.9 Å². The Labute approximate surface area is 239 Å². The van der Waals surface area contributed by atoms with Crippen molar-refractivity contribution >= 4 is 17.9 Å². The van der Waals surface area contributed by atoms with Gasteiger partial charge in [-0.15, -0.1) is 0 Å². The van der Waals surface area contributed by atoms with E-state index in [1.54, 1.807) is 37.3 Å². The van der Waals surface area contributed by atoms with E-state index in [1.807, 2.05) is 36.4 Å². The van der Waals surface area contributed by atoms with Crippen LogP contribution in [-0.4, -0.2) is 36.2 Å². The standard InChI is InChI=1S/C33H32O8/c1-20(2)30(34)38-17-18-39-33(37)28-16-13-26(19-29(28)41-32(36)22(5)6)25-9-7-23(8-10-25)24-11-14-27(15-12-24)40-31(35)21(3)4/h7-16,19,33,37H,1,3,5,17-18H2,2,4,6H3. The summed E-state index contributed by atoms with van der Waals surface area (Å²) in [5.74, 6) is -1.17. The second-order valence-corrected chi connectivity index (χ2v) is 9.33. The van der Waals surface area contributed by atoms with Crippen LogP contribution in [0.2, 0.25) is 0 Å². The van der Waals surface area contributed by atoms with E-state index in [-0.39, 0.29) is 35.7 Å². The van der Waals surface area contributed by atoms with Gasteiger partial charge in [0.05, 0.1) is 12.2 Å². The lowest BCUT2D eigenvalue weighted by atomic mass is 9.99. The zero-order valence-electron chi connectivity index (χ0n) is 23.3. The number of esters is 3. The molecule has 0 saturated heterocycles. The summed E-state index contributed by atoms with van der Waals surface area (Å²) < 4.78 is 21.1. The fourth-order valence-corrected chi connectivity index (χ4v) is 3.47. The molecule has 0 saturated carbocycles. The summed E-state index contributed by atoms with van der Waals surface area (Å²) in [6, 6.07) is 19.8. The second-order valence-electron chi connectivity index (χ2n) is 9.33. The highest BCUT2D eigenvalue weighted by molar-refractivity contribution is 5.89. The van der Waals surface area contributed by atoms with E-state index < -0.39 is 24.2 Å². The predicted molar refractivity (Wildman–Crippen MR) is 155 cm³/mol. The van der Waals surface area contributed by atoms with Crippen molar-refractivity contribution in [3.05, 3.63) is 109 Å². The Morgan fingerprint density at radius 1 is 0.659 bits per heavy atom. The monoisotopic (exact) mass is 556 g/mol. The third-order valence-electron chi connectivity index (χ3n) is 5.74. The number of ether oxygens (including phenoxy) is 4. The predicted octanol–water partition coefficient (Wildman–Crippen LogP) is 6.11. The van der Waals surface area contributed by atoms with Gasteiger partial charge in [0, 0.05) is 16.7 Å². The van der Waals surface area contributed by atoms with Gasteiger partial charge < -0.3 is 24.1 Å². The Hall–Kier alpha value is -4.79. The molecule has 3 rings (SSSR count). The van der Waals surface area contributed by atoms with Crippen molar-refractivity contribution in [2.24, 2.45) is 0 Å². The second kappa shape index (κ2) is 14.0. The Bertz CT molecular complexity index is 1470. The average Bonchev–Trinajstić information content (AvgIpc) is 2.95. The van der Waals surface area contributed by atoms with Gasteiger partial charge in [0.1, 0.15) is 18.1 Å². The first kappa shape index (κ1) is 30.7. The van der Waals surface area contributed by atoms with Crippen LogP contribution in [0.25, 0.3) is 22.3 Å². The third kappa shape index (κ3) is 8.60. The van der Waals surface area contributed by atoms with Gasteiger partial charge in [-0.3, -0.25) is 0 Å². The summed E-state index contributed by atoms with van der Waals surface area (Å²) in [5, 5.41) is 10.6. The van der Waals surface area contributed by atoms with E-state index in [0.717, 1.165) is 22.3 Å². The summed E-state index contributed by atoms with van der Waals surface area (Å²) in [6.45, 7) is 15.1. The molecular formula is C33H32O8. The third-order valence-corrected chi connectivity index (χ3v) is 5.74. The van der Waals surface area contributed by atoms with Crippen LogP contribution in [0.1, 0.15) is 32.6 Å². The number of rotatable bonds is 12. The molecule has 0 aromatic heterocycles. The lowest BCUT2D eigenvalue weighted by Crippen LogP contribution is -2.15. The Balaban J connectivity index is 1.78. The van der Waals surface area contributed by atoms with Crippen LogP contribution < -0.4 is 9.47 Å². The molecule has 0 spiro atoms. The molecule has 0 amide bonds. The van der Waals surface area contributed by atoms with E-state index in [9.17, 15) is 19.5 Å². The van der Waals surface area contributed by atoms with Crippen molar-refractivity contribution in [2.75, 3.05) is 13.2 Å². The van der Waals surface area contributed by atoms with Gasteiger partial charge >= 0.3 is 17.9 Å². The van der Waals surface area contributed by atoms with Crippen molar-refractivity contribution in [1.82, 2.24) is 0 Å². The molecule has 212 valence electrons. The minimum absolute atomic E-state index is 0.0869. The highest BCUT2D eigenvalue weighted by Crippen LogP contribution is 2.33. The van der Waals surface area contributed by atoms with Crippen LogP contribution in [0.15, 0.2) is 103 Å². The fraction of sp³-hybridized carbons (Fsp3) is 0.182. The maximum atomic E-state index is 12.3. The molecule has 0 aliphatic heterocycles. The number of hydrogen-bond donors (Lipinski definition) is 1. The molecule has 8 heteroatoms. The molecule has 1 atom stereocenters. The van der Waals surface area contributed by atoms with Crippen LogP contribution >= 0.6 is 0 Å². The van der Waals surface area contributed by atoms with Gasteiger partial charge in [-0.1, -0.05) is 62.2 Å². The van der Waals surface area contributed by atoms with E-state index in [1.165, 1.54) is 13.8 Å². The highest BCUT2D eigenvalue weighted by Gasteiger charge is 2.19. The number of hydrogen-bond acceptors (Lipinski definition) is 8. The fourth-order valence-electron chi connectivity index (χ4n) is 3.47. The lowest BCUT2D eigenvalue weighted by Gasteiger charge is -2.17. The van der Waals surface area contributed by atoms with Gasteiger partial charge in [0.15, 0.2) is 6.29 Å². The van der Waals surface area contributed by atoms with Gasteiger partial charge in [-0.2, -0.15) is 0 Å². The molecule has 0 radical (unpaired) electrons. The summed E-state index contributed by atoms with van der Waals surface area (Å²) in [5.41, 5.74) is 4.41. The molecule has 0 aliphatic rings. The highest BCUT2D eigenvalue weighted by atomic mass is 16.6. The Morgan fingerprint density at radius 3 is 1.66 bits per heavy atom. The zero-order chi connectivity index (χ0) is 30.1. The number of aliphatic hydroxyl groups is 1. The normalized spacial score (nSPS) is 11.2. The van der Waals surface area contributed by atoms with Crippen molar-refractivity contribution < 1.29 is 38.4 Å². The molecule has 3 aromatic rings. The van der Waals surface area contributed by atoms with Crippen LogP contribution in [0.3, 0.4) is 0 Å². The molecular weight excluding hydrogens is 524 g/mol. The van der Waals surface area contributed by atoms with Crippen molar-refractivity contribution in [3.63, 3.8) is 0 Å². The molecule has 3 aromatic carbocycles. The van der Waals surface area contributed by atoms with E-state index in [2.05, 4.69) is 19.7 Å². The van der Waals surface area contributed by atoms with Gasteiger partial charge in [-0.25, -0.2) is 14.4 Å². The largest absolute Gasteiger partial charge is 0.460 e. The smallest absolute Gasteiger partial charge is 0.338 e. The van der Waals surface area contributed by atoms with Gasteiger partial charge in [-0.05, 0) is 67.3 Å². The molecule has 8 nitrogen and oxygen atoms in total. The summed E-state index contributed by atoms with van der Waals surface area (Å²) in [7, 11) is 0. The van der Waals surface area contributed by atoms with Crippen molar-refractivity contribution in [3.8, 4) is 33.8 Å². The minimum Gasteiger partial charge on any atom is -0.460 e. The van der Waals surface area contributed by atoms with Crippen LogP contribution in [-0.2, 0) is 23.9 Å². The Kier molecular flexibility index (Phi) is 10.5. The first-order valence-corrected chi connectivity index (χ1v) is 12.7. The molecule has 0 bridgehead atoms. The van der Waals surface area contributed by atoms with Crippen molar-refractivity contribution in [1.29, 1.82) is 0 Å². The molecule has 0 heterocycles. The Morgan fingerprint density at radius 2 is 1.12 bits per heavy atom. The lowest BCUT2D eigenvalue weighted by molar-refractivity contribution is -0.148. The summed E-state index contributed by atoms with van der Waals surface area (Å²) in [6.07, 6.45) is -1.44. The molecule has 1 N–H and O–H groups in total. The minimum atomic E-state index is -1.44. The van der Waals surface area contributed by atoms with E-state index >= 15 is 0 Å². The number of carbonyl (C=O) groups excluding carboxylic acids is 3. The average molecular weight is 557 g/mol. The summed E-state index contributed by atoms with van der Waals surface area (Å²) in [4.78, 5) is 35.5. The van der Waals surface area contributed by atoms with Crippen LogP contribution in [0, 0.1) is 0 Å². The number of benzene rings is 3. The van der Waals surface area contributed by atoms with Gasteiger partial charge in [0.2, 0.25) is 0 Å². The van der Waals surface area contributed by atoms with Crippen LogP contribution in [0.5, 0.6) is 11.5 Å². The molecule has 0 aliphatic carbocycles. The molecule has 41 heavy (non-hydrogen) atoms. The van der Waals surface area contributed by atoms with E-state index in [0.29, 0.717) is 11.3 Å². The maximum Gasteiger partial charge on any atom is 0.338 e. The van der Waals surface area contributed by atoms with Crippen molar-refractivity contribution in [2.45, 2.75) is 27.1 Å². The molecule has 1 unspecified atom stereocenters. The quantitative estimate of drug-likeness (QED) is 0.0936. The summed E-state index contributed by atoms with van der Waals surface area (Å²) >= 11 is 0.